The quantitative estimate of drug-likeness (QED) is 0.631. The van der Waals surface area contributed by atoms with Crippen molar-refractivity contribution in [2.75, 3.05) is 20.7 Å². The van der Waals surface area contributed by atoms with Crippen LogP contribution in [0.5, 0.6) is 5.75 Å². The van der Waals surface area contributed by atoms with Gasteiger partial charge in [0.2, 0.25) is 0 Å². The van der Waals surface area contributed by atoms with Crippen LogP contribution >= 0.6 is 0 Å². The third-order valence-corrected chi connectivity index (χ3v) is 3.54. The Labute approximate surface area is 140 Å². The second kappa shape index (κ2) is 8.86. The third kappa shape index (κ3) is 5.22. The van der Waals surface area contributed by atoms with Crippen molar-refractivity contribution in [1.29, 1.82) is 0 Å². The van der Waals surface area contributed by atoms with Gasteiger partial charge in [-0.05, 0) is 42.3 Å². The molecule has 0 aliphatic heterocycles. The third-order valence-electron chi connectivity index (χ3n) is 3.54. The van der Waals surface area contributed by atoms with Crippen molar-refractivity contribution in [3.63, 3.8) is 0 Å². The Hall–Kier alpha value is -2.63. The summed E-state index contributed by atoms with van der Waals surface area (Å²) in [5.41, 5.74) is 1.42. The van der Waals surface area contributed by atoms with Crippen molar-refractivity contribution >= 4 is 5.96 Å². The van der Waals surface area contributed by atoms with Gasteiger partial charge in [-0.1, -0.05) is 12.1 Å². The second-order valence-corrected chi connectivity index (χ2v) is 5.19. The second-order valence-electron chi connectivity index (χ2n) is 5.19. The Bertz CT molecular complexity index is 687. The lowest BCUT2D eigenvalue weighted by Gasteiger charge is -2.12. The molecule has 0 atom stereocenters. The van der Waals surface area contributed by atoms with Crippen LogP contribution in [0, 0.1) is 11.6 Å². The van der Waals surface area contributed by atoms with Crippen molar-refractivity contribution in [3.8, 4) is 5.75 Å². The highest BCUT2D eigenvalue weighted by molar-refractivity contribution is 5.79. The molecule has 0 radical (unpaired) electrons. The molecule has 0 aliphatic carbocycles. The first-order valence-corrected chi connectivity index (χ1v) is 7.63. The first-order valence-electron chi connectivity index (χ1n) is 7.63. The fourth-order valence-electron chi connectivity index (χ4n) is 2.20. The van der Waals surface area contributed by atoms with Gasteiger partial charge < -0.3 is 15.4 Å². The number of nitrogens with zero attached hydrogens (tertiary/aromatic N) is 1. The Morgan fingerprint density at radius 3 is 2.50 bits per heavy atom. The van der Waals surface area contributed by atoms with E-state index in [0.717, 1.165) is 29.9 Å². The van der Waals surface area contributed by atoms with E-state index in [1.807, 2.05) is 24.3 Å². The van der Waals surface area contributed by atoms with Gasteiger partial charge in [0.15, 0.2) is 5.96 Å². The fraction of sp³-hybridized carbons (Fsp3) is 0.278. The van der Waals surface area contributed by atoms with Crippen molar-refractivity contribution in [2.24, 2.45) is 4.99 Å². The molecule has 0 saturated carbocycles. The van der Waals surface area contributed by atoms with E-state index in [-0.39, 0.29) is 12.1 Å². The van der Waals surface area contributed by atoms with Crippen LogP contribution in [0.2, 0.25) is 0 Å². The van der Waals surface area contributed by atoms with Gasteiger partial charge in [-0.3, -0.25) is 4.99 Å². The number of hydrogen-bond donors (Lipinski definition) is 2. The number of rotatable bonds is 6. The molecule has 0 heterocycles. The first kappa shape index (κ1) is 17.7. The molecular weight excluding hydrogens is 312 g/mol. The summed E-state index contributed by atoms with van der Waals surface area (Å²) in [6.07, 6.45) is 0.805. The normalized spacial score (nSPS) is 11.2. The van der Waals surface area contributed by atoms with E-state index in [4.69, 9.17) is 4.74 Å². The van der Waals surface area contributed by atoms with E-state index in [1.165, 1.54) is 6.07 Å². The fourth-order valence-corrected chi connectivity index (χ4v) is 2.20. The van der Waals surface area contributed by atoms with Gasteiger partial charge in [0.25, 0.3) is 0 Å². The minimum absolute atomic E-state index is 0.159. The highest BCUT2D eigenvalue weighted by Gasteiger charge is 2.05. The molecule has 0 fully saturated rings. The van der Waals surface area contributed by atoms with Gasteiger partial charge in [0, 0.05) is 25.7 Å². The highest BCUT2D eigenvalue weighted by atomic mass is 19.1. The van der Waals surface area contributed by atoms with Gasteiger partial charge in [-0.25, -0.2) is 8.78 Å². The van der Waals surface area contributed by atoms with E-state index < -0.39 is 11.6 Å². The molecule has 2 N–H and O–H groups in total. The molecule has 4 nitrogen and oxygen atoms in total. The molecule has 0 aliphatic rings. The monoisotopic (exact) mass is 333 g/mol. The average molecular weight is 333 g/mol. The van der Waals surface area contributed by atoms with Crippen LogP contribution in [-0.4, -0.2) is 26.7 Å². The van der Waals surface area contributed by atoms with E-state index in [2.05, 4.69) is 15.6 Å². The van der Waals surface area contributed by atoms with Gasteiger partial charge >= 0.3 is 0 Å². The minimum Gasteiger partial charge on any atom is -0.497 e. The van der Waals surface area contributed by atoms with Crippen molar-refractivity contribution in [1.82, 2.24) is 10.6 Å². The van der Waals surface area contributed by atoms with Crippen molar-refractivity contribution < 1.29 is 13.5 Å². The molecule has 2 aromatic carbocycles. The number of hydrogen-bond acceptors (Lipinski definition) is 2. The maximum atomic E-state index is 13.6. The Balaban J connectivity index is 1.80. The minimum atomic E-state index is -0.462. The van der Waals surface area contributed by atoms with Crippen molar-refractivity contribution in [3.05, 3.63) is 65.2 Å². The van der Waals surface area contributed by atoms with Gasteiger partial charge in [-0.2, -0.15) is 0 Å². The van der Waals surface area contributed by atoms with Crippen LogP contribution in [-0.2, 0) is 13.0 Å². The van der Waals surface area contributed by atoms with Crippen LogP contribution in [0.25, 0.3) is 0 Å². The molecule has 0 spiro atoms. The lowest BCUT2D eigenvalue weighted by Crippen LogP contribution is -2.38. The van der Waals surface area contributed by atoms with Crippen molar-refractivity contribution in [2.45, 2.75) is 13.0 Å². The predicted octanol–water partition coefficient (Wildman–Crippen LogP) is 2.88. The molecule has 2 rings (SSSR count). The molecule has 0 bridgehead atoms. The Kier molecular flexibility index (Phi) is 6.54. The first-order chi connectivity index (χ1) is 11.6. The Morgan fingerprint density at radius 1 is 1.08 bits per heavy atom. The number of methoxy groups -OCH3 is 1. The number of nitrogens with one attached hydrogen (secondary N) is 2. The largest absolute Gasteiger partial charge is 0.497 e. The van der Waals surface area contributed by atoms with Gasteiger partial charge in [0.1, 0.15) is 17.4 Å². The van der Waals surface area contributed by atoms with Crippen LogP contribution < -0.4 is 15.4 Å². The molecule has 0 saturated heterocycles. The smallest absolute Gasteiger partial charge is 0.191 e. The van der Waals surface area contributed by atoms with Crippen LogP contribution in [0.3, 0.4) is 0 Å². The van der Waals surface area contributed by atoms with Crippen LogP contribution in [0.15, 0.2) is 47.5 Å². The van der Waals surface area contributed by atoms with E-state index in [0.29, 0.717) is 12.5 Å². The maximum absolute atomic E-state index is 13.6. The SMILES string of the molecule is CN=C(NCCc1ccc(OC)cc1)NCc1cc(F)ccc1F. The lowest BCUT2D eigenvalue weighted by molar-refractivity contribution is 0.414. The number of ether oxygens (including phenoxy) is 1. The Morgan fingerprint density at radius 2 is 1.83 bits per heavy atom. The summed E-state index contributed by atoms with van der Waals surface area (Å²) in [5, 5.41) is 6.11. The predicted molar refractivity (Wildman–Crippen MR) is 91.3 cm³/mol. The molecule has 24 heavy (non-hydrogen) atoms. The average Bonchev–Trinajstić information content (AvgIpc) is 2.61. The van der Waals surface area contributed by atoms with E-state index in [1.54, 1.807) is 14.2 Å². The van der Waals surface area contributed by atoms with Crippen LogP contribution in [0.4, 0.5) is 8.78 Å². The molecule has 0 amide bonds. The lowest BCUT2D eigenvalue weighted by atomic mass is 10.1. The highest BCUT2D eigenvalue weighted by Crippen LogP contribution is 2.11. The van der Waals surface area contributed by atoms with Crippen LogP contribution in [0.1, 0.15) is 11.1 Å². The standard InChI is InChI=1S/C18H21F2N3O/c1-21-18(23-12-14-11-15(19)5-8-17(14)20)22-10-9-13-3-6-16(24-2)7-4-13/h3-8,11H,9-10,12H2,1-2H3,(H2,21,22,23). The molecule has 6 heteroatoms. The summed E-state index contributed by atoms with van der Waals surface area (Å²) < 4.78 is 31.8. The zero-order valence-corrected chi connectivity index (χ0v) is 13.8. The molecule has 128 valence electrons. The van der Waals surface area contributed by atoms with Gasteiger partial charge in [0.05, 0.1) is 7.11 Å². The number of guanidine groups is 1. The molecule has 2 aromatic rings. The summed E-state index contributed by atoms with van der Waals surface area (Å²) >= 11 is 0. The number of halogens is 2. The summed E-state index contributed by atoms with van der Waals surface area (Å²) in [4.78, 5) is 4.07. The zero-order valence-electron chi connectivity index (χ0n) is 13.8. The number of aliphatic imine (C=N–C) groups is 1. The summed E-state index contributed by atoms with van der Waals surface area (Å²) in [5.74, 6) is 0.446. The zero-order chi connectivity index (χ0) is 17.4. The summed E-state index contributed by atoms with van der Waals surface area (Å²) in [6.45, 7) is 0.823. The summed E-state index contributed by atoms with van der Waals surface area (Å²) in [6, 6.07) is 11.2. The maximum Gasteiger partial charge on any atom is 0.191 e. The van der Waals surface area contributed by atoms with Gasteiger partial charge in [-0.15, -0.1) is 0 Å². The number of benzene rings is 2. The molecule has 0 aromatic heterocycles. The summed E-state index contributed by atoms with van der Waals surface area (Å²) in [7, 11) is 3.26. The van der Waals surface area contributed by atoms with E-state index in [9.17, 15) is 8.78 Å². The molecule has 0 unspecified atom stereocenters. The molecular formula is C18H21F2N3O. The van der Waals surface area contributed by atoms with E-state index >= 15 is 0 Å². The topological polar surface area (TPSA) is 45.7 Å².